The van der Waals surface area contributed by atoms with E-state index in [2.05, 4.69) is 38.5 Å². The van der Waals surface area contributed by atoms with Crippen molar-refractivity contribution in [2.24, 2.45) is 0 Å². The number of amides is 1. The molecule has 3 N–H and O–H groups in total. The van der Waals surface area contributed by atoms with Gasteiger partial charge in [-0.25, -0.2) is 0 Å². The molecule has 0 aliphatic rings. The summed E-state index contributed by atoms with van der Waals surface area (Å²) < 4.78 is 1.14. The predicted molar refractivity (Wildman–Crippen MR) is 140 cm³/mol. The average molecular weight is 547 g/mol. The molecule has 3 aromatic rings. The Bertz CT molecular complexity index is 997. The lowest BCUT2D eigenvalue weighted by Crippen LogP contribution is -2.24. The van der Waals surface area contributed by atoms with Crippen LogP contribution in [0, 0.1) is 3.57 Å². The molecule has 3 aromatic carbocycles. The quantitative estimate of drug-likeness (QED) is 0.177. The Balaban J connectivity index is 1.60. The summed E-state index contributed by atoms with van der Waals surface area (Å²) in [6.45, 7) is 2.02. The molecule has 30 heavy (non-hydrogen) atoms. The van der Waals surface area contributed by atoms with E-state index in [1.54, 1.807) is 11.8 Å². The maximum Gasteiger partial charge on any atom is 0.237 e. The van der Waals surface area contributed by atoms with Crippen LogP contribution in [-0.2, 0) is 4.79 Å². The van der Waals surface area contributed by atoms with Gasteiger partial charge in [-0.05, 0) is 95.8 Å². The van der Waals surface area contributed by atoms with Gasteiger partial charge in [0.1, 0.15) is 0 Å². The first-order chi connectivity index (χ1) is 14.5. The van der Waals surface area contributed by atoms with Crippen molar-refractivity contribution in [3.05, 3.63) is 82.4 Å². The smallest absolute Gasteiger partial charge is 0.237 e. The summed E-state index contributed by atoms with van der Waals surface area (Å²) in [7, 11) is 0. The Hall–Kier alpha value is -2.10. The Morgan fingerprint density at radius 3 is 2.23 bits per heavy atom. The molecule has 7 heteroatoms. The summed E-state index contributed by atoms with van der Waals surface area (Å²) in [5, 5.41) is 9.70. The minimum Gasteiger partial charge on any atom is -0.332 e. The molecule has 0 fully saturated rings. The largest absolute Gasteiger partial charge is 0.332 e. The molecule has 0 aliphatic heterocycles. The number of carbonyl (C=O) groups excluding carboxylic acids is 1. The molecular formula is C23H22IN3OS2. The number of thioether (sulfide) groups is 1. The molecule has 1 atom stereocenters. The Morgan fingerprint density at radius 2 is 1.53 bits per heavy atom. The highest BCUT2D eigenvalue weighted by molar-refractivity contribution is 14.1. The number of rotatable bonds is 7. The van der Waals surface area contributed by atoms with Gasteiger partial charge in [0, 0.05) is 25.5 Å². The van der Waals surface area contributed by atoms with Crippen LogP contribution in [0.3, 0.4) is 0 Å². The van der Waals surface area contributed by atoms with Gasteiger partial charge in [-0.1, -0.05) is 31.2 Å². The van der Waals surface area contributed by atoms with Crippen LogP contribution in [-0.4, -0.2) is 16.3 Å². The zero-order chi connectivity index (χ0) is 21.3. The monoisotopic (exact) mass is 547 g/mol. The number of halogens is 1. The molecule has 154 valence electrons. The second-order valence-corrected chi connectivity index (χ2v) is 9.41. The van der Waals surface area contributed by atoms with Gasteiger partial charge >= 0.3 is 0 Å². The van der Waals surface area contributed by atoms with Crippen molar-refractivity contribution in [3.63, 3.8) is 0 Å². The molecule has 0 spiro atoms. The summed E-state index contributed by atoms with van der Waals surface area (Å²) in [6, 6.07) is 25.5. The Morgan fingerprint density at radius 1 is 0.900 bits per heavy atom. The van der Waals surface area contributed by atoms with E-state index in [0.717, 1.165) is 31.9 Å². The maximum absolute atomic E-state index is 12.7. The van der Waals surface area contributed by atoms with Gasteiger partial charge in [-0.15, -0.1) is 11.8 Å². The van der Waals surface area contributed by atoms with Gasteiger partial charge in [0.2, 0.25) is 5.91 Å². The number of carbonyl (C=O) groups is 1. The SMILES string of the molecule is CCC(Sc1cccc(NC(=S)Nc2ccccc2)c1)C(=O)Nc1ccc(I)cc1. The van der Waals surface area contributed by atoms with E-state index < -0.39 is 0 Å². The number of thiocarbonyl (C=S) groups is 1. The molecule has 0 heterocycles. The van der Waals surface area contributed by atoms with Gasteiger partial charge in [-0.2, -0.15) is 0 Å². The van der Waals surface area contributed by atoms with E-state index in [-0.39, 0.29) is 11.2 Å². The van der Waals surface area contributed by atoms with E-state index in [1.807, 2.05) is 85.8 Å². The molecule has 1 unspecified atom stereocenters. The first kappa shape index (κ1) is 22.6. The molecule has 0 radical (unpaired) electrons. The van der Waals surface area contributed by atoms with Gasteiger partial charge in [0.05, 0.1) is 5.25 Å². The van der Waals surface area contributed by atoms with Gasteiger partial charge in [0.15, 0.2) is 5.11 Å². The third-order valence-electron chi connectivity index (χ3n) is 4.18. The van der Waals surface area contributed by atoms with Gasteiger partial charge in [-0.3, -0.25) is 4.79 Å². The molecule has 0 bridgehead atoms. The van der Waals surface area contributed by atoms with Crippen molar-refractivity contribution < 1.29 is 4.79 Å². The number of para-hydroxylation sites is 1. The van der Waals surface area contributed by atoms with E-state index in [9.17, 15) is 4.79 Å². The fourth-order valence-electron chi connectivity index (χ4n) is 2.70. The van der Waals surface area contributed by atoms with E-state index >= 15 is 0 Å². The number of nitrogens with one attached hydrogen (secondary N) is 3. The van der Waals surface area contributed by atoms with E-state index in [1.165, 1.54) is 0 Å². The number of anilines is 3. The lowest BCUT2D eigenvalue weighted by Gasteiger charge is -2.16. The highest BCUT2D eigenvalue weighted by Gasteiger charge is 2.18. The number of benzene rings is 3. The van der Waals surface area contributed by atoms with Crippen molar-refractivity contribution in [2.75, 3.05) is 16.0 Å². The highest BCUT2D eigenvalue weighted by Crippen LogP contribution is 2.28. The molecule has 0 aliphatic carbocycles. The van der Waals surface area contributed by atoms with Crippen molar-refractivity contribution in [1.82, 2.24) is 0 Å². The van der Waals surface area contributed by atoms with Crippen LogP contribution in [0.15, 0.2) is 83.8 Å². The Labute approximate surface area is 200 Å². The average Bonchev–Trinajstić information content (AvgIpc) is 2.74. The maximum atomic E-state index is 12.7. The van der Waals surface area contributed by atoms with Crippen LogP contribution >= 0.6 is 46.6 Å². The third-order valence-corrected chi connectivity index (χ3v) is 6.46. The van der Waals surface area contributed by atoms with Crippen molar-refractivity contribution in [1.29, 1.82) is 0 Å². The molecule has 0 aromatic heterocycles. The molecule has 3 rings (SSSR count). The molecular weight excluding hydrogens is 525 g/mol. The second kappa shape index (κ2) is 11.3. The summed E-state index contributed by atoms with van der Waals surface area (Å²) in [5.41, 5.74) is 2.62. The number of hydrogen-bond acceptors (Lipinski definition) is 3. The topological polar surface area (TPSA) is 53.2 Å². The summed E-state index contributed by atoms with van der Waals surface area (Å²) in [6.07, 6.45) is 0.729. The van der Waals surface area contributed by atoms with Crippen molar-refractivity contribution in [2.45, 2.75) is 23.5 Å². The molecule has 0 saturated heterocycles. The predicted octanol–water partition coefficient (Wildman–Crippen LogP) is 6.61. The lowest BCUT2D eigenvalue weighted by molar-refractivity contribution is -0.115. The number of hydrogen-bond donors (Lipinski definition) is 3. The second-order valence-electron chi connectivity index (χ2n) is 6.48. The summed E-state index contributed by atoms with van der Waals surface area (Å²) in [5.74, 6) is 0.00309. The zero-order valence-corrected chi connectivity index (χ0v) is 20.2. The highest BCUT2D eigenvalue weighted by atomic mass is 127. The minimum absolute atomic E-state index is 0.00309. The first-order valence-electron chi connectivity index (χ1n) is 9.49. The summed E-state index contributed by atoms with van der Waals surface area (Å²) in [4.78, 5) is 13.7. The first-order valence-corrected chi connectivity index (χ1v) is 11.9. The fourth-order valence-corrected chi connectivity index (χ4v) is 4.31. The van der Waals surface area contributed by atoms with E-state index in [4.69, 9.17) is 12.2 Å². The van der Waals surface area contributed by atoms with Gasteiger partial charge in [0.25, 0.3) is 0 Å². The van der Waals surface area contributed by atoms with E-state index in [0.29, 0.717) is 5.11 Å². The zero-order valence-electron chi connectivity index (χ0n) is 16.4. The van der Waals surface area contributed by atoms with Crippen molar-refractivity contribution in [3.8, 4) is 0 Å². The van der Waals surface area contributed by atoms with Crippen LogP contribution in [0.4, 0.5) is 17.1 Å². The lowest BCUT2D eigenvalue weighted by atomic mass is 10.3. The van der Waals surface area contributed by atoms with Crippen molar-refractivity contribution >= 4 is 74.7 Å². The fraction of sp³-hybridized carbons (Fsp3) is 0.130. The summed E-state index contributed by atoms with van der Waals surface area (Å²) >= 11 is 9.20. The molecule has 1 amide bonds. The molecule has 0 saturated carbocycles. The van der Waals surface area contributed by atoms with Crippen LogP contribution < -0.4 is 16.0 Å². The normalized spacial score (nSPS) is 11.4. The third kappa shape index (κ3) is 7.00. The van der Waals surface area contributed by atoms with Crippen LogP contribution in [0.25, 0.3) is 0 Å². The Kier molecular flexibility index (Phi) is 8.53. The van der Waals surface area contributed by atoms with Crippen LogP contribution in [0.1, 0.15) is 13.3 Å². The molecule has 4 nitrogen and oxygen atoms in total. The van der Waals surface area contributed by atoms with Crippen LogP contribution in [0.2, 0.25) is 0 Å². The minimum atomic E-state index is -0.186. The van der Waals surface area contributed by atoms with Gasteiger partial charge < -0.3 is 16.0 Å². The standard InChI is InChI=1S/C23H22IN3OS2/c1-2-21(22(28)25-18-13-11-16(24)12-14-18)30-20-10-6-9-19(15-20)27-23(29)26-17-7-4-3-5-8-17/h3-15,21H,2H2,1H3,(H,25,28)(H2,26,27,29). The van der Waals surface area contributed by atoms with Crippen LogP contribution in [0.5, 0.6) is 0 Å².